The largest absolute Gasteiger partial charge is 0.326 e. The topological polar surface area (TPSA) is 38.9 Å². The Balaban J connectivity index is 2.19. The number of hydrogen-bond donors (Lipinski definition) is 1. The molecule has 0 unspecified atom stereocenters. The number of thiazole rings is 1. The van der Waals surface area contributed by atoms with Crippen LogP contribution >= 0.6 is 27.3 Å². The normalized spacial score (nSPS) is 11.8. The van der Waals surface area contributed by atoms with E-state index < -0.39 is 0 Å². The van der Waals surface area contributed by atoms with Gasteiger partial charge in [0.05, 0.1) is 5.69 Å². The predicted octanol–water partition coefficient (Wildman–Crippen LogP) is 4.55. The van der Waals surface area contributed by atoms with Crippen molar-refractivity contribution < 1.29 is 0 Å². The molecule has 2 rings (SSSR count). The highest BCUT2D eigenvalue weighted by Crippen LogP contribution is 2.30. The van der Waals surface area contributed by atoms with Crippen molar-refractivity contribution in [2.24, 2.45) is 5.73 Å². The summed E-state index contributed by atoms with van der Waals surface area (Å²) >= 11 is 5.23. The minimum absolute atomic E-state index is 0.117. The van der Waals surface area contributed by atoms with Gasteiger partial charge >= 0.3 is 0 Å². The first-order valence-electron chi connectivity index (χ1n) is 6.36. The van der Waals surface area contributed by atoms with Crippen molar-refractivity contribution >= 4 is 27.3 Å². The minimum atomic E-state index is -0.117. The molecule has 0 radical (unpaired) electrons. The summed E-state index contributed by atoms with van der Waals surface area (Å²) in [6.45, 7) is 6.22. The molecule has 0 aliphatic carbocycles. The average Bonchev–Trinajstić information content (AvgIpc) is 2.68. The summed E-state index contributed by atoms with van der Waals surface area (Å²) in [6.07, 6.45) is 1.99. The smallest absolute Gasteiger partial charge is 0.123 e. The molecule has 1 heterocycles. The monoisotopic (exact) mass is 338 g/mol. The molecule has 0 atom stereocenters. The molecule has 2 aromatic rings. The first kappa shape index (κ1) is 14.7. The number of halogens is 1. The number of nitrogens with zero attached hydrogens (tertiary/aromatic N) is 1. The third-order valence-electron chi connectivity index (χ3n) is 2.98. The molecule has 0 amide bonds. The van der Waals surface area contributed by atoms with Crippen molar-refractivity contribution in [3.8, 4) is 10.6 Å². The molecule has 102 valence electrons. The second-order valence-electron chi connectivity index (χ2n) is 5.52. The lowest BCUT2D eigenvalue weighted by molar-refractivity contribution is 0.478. The van der Waals surface area contributed by atoms with Gasteiger partial charge in [-0.25, -0.2) is 4.98 Å². The van der Waals surface area contributed by atoms with Crippen LogP contribution < -0.4 is 5.73 Å². The lowest BCUT2D eigenvalue weighted by Crippen LogP contribution is -2.32. The van der Waals surface area contributed by atoms with E-state index in [1.165, 1.54) is 10.4 Å². The average molecular weight is 339 g/mol. The number of rotatable bonds is 4. The Morgan fingerprint density at radius 1 is 1.26 bits per heavy atom. The van der Waals surface area contributed by atoms with Gasteiger partial charge in [-0.05, 0) is 45.7 Å². The van der Waals surface area contributed by atoms with Crippen molar-refractivity contribution in [3.63, 3.8) is 0 Å². The van der Waals surface area contributed by atoms with Gasteiger partial charge in [0.1, 0.15) is 5.01 Å². The maximum Gasteiger partial charge on any atom is 0.123 e. The van der Waals surface area contributed by atoms with Gasteiger partial charge in [-0.15, -0.1) is 11.3 Å². The van der Waals surface area contributed by atoms with Crippen LogP contribution in [0.2, 0.25) is 0 Å². The summed E-state index contributed by atoms with van der Waals surface area (Å²) in [5.74, 6) is 0. The van der Waals surface area contributed by atoms with E-state index in [4.69, 9.17) is 5.73 Å². The Morgan fingerprint density at radius 2 is 1.89 bits per heavy atom. The van der Waals surface area contributed by atoms with Crippen LogP contribution in [0.3, 0.4) is 0 Å². The molecular formula is C15H19BrN2S. The van der Waals surface area contributed by atoms with Crippen molar-refractivity contribution in [3.05, 3.63) is 39.3 Å². The van der Waals surface area contributed by atoms with Crippen LogP contribution in [0.4, 0.5) is 0 Å². The van der Waals surface area contributed by atoms with Gasteiger partial charge in [-0.1, -0.05) is 28.1 Å². The Hall–Kier alpha value is -0.710. The summed E-state index contributed by atoms with van der Waals surface area (Å²) in [5.41, 5.74) is 8.24. The van der Waals surface area contributed by atoms with Crippen LogP contribution in [-0.4, -0.2) is 10.5 Å². The standard InChI is InChI=1S/C15H19BrN2S/c1-10-13(8-9-15(2,3)17)19-14(18-10)11-4-6-12(16)7-5-11/h4-7H,8-9,17H2,1-3H3. The van der Waals surface area contributed by atoms with Gasteiger partial charge < -0.3 is 5.73 Å². The molecule has 0 saturated carbocycles. The van der Waals surface area contributed by atoms with Crippen molar-refractivity contribution in [1.29, 1.82) is 0 Å². The molecule has 0 aliphatic heterocycles. The van der Waals surface area contributed by atoms with E-state index in [0.717, 1.165) is 28.0 Å². The van der Waals surface area contributed by atoms with Crippen LogP contribution in [0.1, 0.15) is 30.8 Å². The summed E-state index contributed by atoms with van der Waals surface area (Å²) < 4.78 is 1.09. The fraction of sp³-hybridized carbons (Fsp3) is 0.400. The zero-order valence-electron chi connectivity index (χ0n) is 11.5. The van der Waals surface area contributed by atoms with Gasteiger partial charge in [0, 0.05) is 20.5 Å². The highest BCUT2D eigenvalue weighted by molar-refractivity contribution is 9.10. The quantitative estimate of drug-likeness (QED) is 0.887. The van der Waals surface area contributed by atoms with Gasteiger partial charge in [0.25, 0.3) is 0 Å². The van der Waals surface area contributed by atoms with E-state index in [-0.39, 0.29) is 5.54 Å². The minimum Gasteiger partial charge on any atom is -0.326 e. The van der Waals surface area contributed by atoms with E-state index in [2.05, 4.69) is 66.0 Å². The highest BCUT2D eigenvalue weighted by Gasteiger charge is 2.14. The zero-order valence-corrected chi connectivity index (χ0v) is 13.9. The molecule has 0 fully saturated rings. The van der Waals surface area contributed by atoms with Crippen LogP contribution in [-0.2, 0) is 6.42 Å². The van der Waals surface area contributed by atoms with Gasteiger partial charge in [0.2, 0.25) is 0 Å². The molecule has 1 aromatic heterocycles. The van der Waals surface area contributed by atoms with Crippen LogP contribution in [0, 0.1) is 6.92 Å². The van der Waals surface area contributed by atoms with E-state index in [0.29, 0.717) is 0 Å². The Morgan fingerprint density at radius 3 is 2.47 bits per heavy atom. The lowest BCUT2D eigenvalue weighted by Gasteiger charge is -2.17. The van der Waals surface area contributed by atoms with Crippen LogP contribution in [0.25, 0.3) is 10.6 Å². The predicted molar refractivity (Wildman–Crippen MR) is 86.6 cm³/mol. The number of benzene rings is 1. The van der Waals surface area contributed by atoms with Crippen molar-refractivity contribution in [2.75, 3.05) is 0 Å². The molecule has 4 heteroatoms. The maximum atomic E-state index is 6.05. The van der Waals surface area contributed by atoms with Crippen LogP contribution in [0.15, 0.2) is 28.7 Å². The zero-order chi connectivity index (χ0) is 14.0. The van der Waals surface area contributed by atoms with E-state index in [1.807, 2.05) is 0 Å². The number of nitrogens with two attached hydrogens (primary N) is 1. The van der Waals surface area contributed by atoms with Gasteiger partial charge in [-0.2, -0.15) is 0 Å². The first-order valence-corrected chi connectivity index (χ1v) is 7.97. The van der Waals surface area contributed by atoms with Gasteiger partial charge in [0.15, 0.2) is 0 Å². The molecule has 1 aromatic carbocycles. The number of hydrogen-bond acceptors (Lipinski definition) is 3. The second kappa shape index (κ2) is 5.73. The molecule has 0 spiro atoms. The van der Waals surface area contributed by atoms with E-state index >= 15 is 0 Å². The Bertz CT molecular complexity index is 553. The third kappa shape index (κ3) is 4.13. The maximum absolute atomic E-state index is 6.05. The molecule has 19 heavy (non-hydrogen) atoms. The molecule has 2 N–H and O–H groups in total. The first-order chi connectivity index (χ1) is 8.85. The molecule has 0 bridgehead atoms. The highest BCUT2D eigenvalue weighted by atomic mass is 79.9. The third-order valence-corrected chi connectivity index (χ3v) is 4.78. The Labute approximate surface area is 127 Å². The van der Waals surface area contributed by atoms with Gasteiger partial charge in [-0.3, -0.25) is 0 Å². The molecule has 2 nitrogen and oxygen atoms in total. The number of aryl methyl sites for hydroxylation is 2. The van der Waals surface area contributed by atoms with Crippen molar-refractivity contribution in [2.45, 2.75) is 39.2 Å². The summed E-state index contributed by atoms with van der Waals surface area (Å²) in [4.78, 5) is 6.02. The molecule has 0 aliphatic rings. The fourth-order valence-corrected chi connectivity index (χ4v) is 3.14. The second-order valence-corrected chi connectivity index (χ2v) is 7.52. The summed E-state index contributed by atoms with van der Waals surface area (Å²) in [7, 11) is 0. The van der Waals surface area contributed by atoms with E-state index in [1.54, 1.807) is 11.3 Å². The fourth-order valence-electron chi connectivity index (χ4n) is 1.81. The molecular weight excluding hydrogens is 320 g/mol. The lowest BCUT2D eigenvalue weighted by atomic mass is 9.99. The van der Waals surface area contributed by atoms with Crippen molar-refractivity contribution in [1.82, 2.24) is 4.98 Å². The SMILES string of the molecule is Cc1nc(-c2ccc(Br)cc2)sc1CCC(C)(C)N. The van der Waals surface area contributed by atoms with Crippen LogP contribution in [0.5, 0.6) is 0 Å². The Kier molecular flexibility index (Phi) is 4.43. The van der Waals surface area contributed by atoms with E-state index in [9.17, 15) is 0 Å². The number of aromatic nitrogens is 1. The summed E-state index contributed by atoms with van der Waals surface area (Å²) in [5, 5.41) is 1.09. The summed E-state index contributed by atoms with van der Waals surface area (Å²) in [6, 6.07) is 8.29. The molecule has 0 saturated heterocycles.